The van der Waals surface area contributed by atoms with Crippen molar-refractivity contribution < 1.29 is 14.4 Å². The van der Waals surface area contributed by atoms with E-state index in [1.165, 1.54) is 0 Å². The highest BCUT2D eigenvalue weighted by Gasteiger charge is 2.28. The Morgan fingerprint density at radius 2 is 2.05 bits per heavy atom. The van der Waals surface area contributed by atoms with Crippen LogP contribution in [-0.2, 0) is 14.4 Å². The molecular weight excluding hydrogens is 294 g/mol. The third-order valence-electron chi connectivity index (χ3n) is 3.21. The van der Waals surface area contributed by atoms with Crippen LogP contribution in [0.3, 0.4) is 0 Å². The smallest absolute Gasteiger partial charge is 0.243 e. The largest absolute Gasteiger partial charge is 0.350 e. The summed E-state index contributed by atoms with van der Waals surface area (Å²) in [6.07, 6.45) is -0.0878. The summed E-state index contributed by atoms with van der Waals surface area (Å²) in [5.74, 6) is -0.943. The summed E-state index contributed by atoms with van der Waals surface area (Å²) in [5.41, 5.74) is 0.907. The number of hydrogen-bond donors (Lipinski definition) is 3. The van der Waals surface area contributed by atoms with E-state index >= 15 is 0 Å². The molecule has 2 rings (SSSR count). The summed E-state index contributed by atoms with van der Waals surface area (Å²) in [6, 6.07) is 6.11. The molecule has 6 nitrogen and oxygen atoms in total. The van der Waals surface area contributed by atoms with E-state index in [0.29, 0.717) is 5.02 Å². The van der Waals surface area contributed by atoms with Crippen LogP contribution in [0.2, 0.25) is 5.02 Å². The lowest BCUT2D eigenvalue weighted by Crippen LogP contribution is -2.57. The minimum Gasteiger partial charge on any atom is -0.350 e. The van der Waals surface area contributed by atoms with Crippen molar-refractivity contribution in [3.8, 4) is 0 Å². The van der Waals surface area contributed by atoms with Gasteiger partial charge in [0, 0.05) is 5.02 Å². The van der Waals surface area contributed by atoms with Gasteiger partial charge in [0.15, 0.2) is 0 Å². The lowest BCUT2D eigenvalue weighted by Gasteiger charge is -2.23. The Morgan fingerprint density at radius 1 is 1.38 bits per heavy atom. The minimum absolute atomic E-state index is 0.0435. The molecule has 0 spiro atoms. The van der Waals surface area contributed by atoms with Gasteiger partial charge in [-0.3, -0.25) is 14.4 Å². The molecule has 1 saturated heterocycles. The second kappa shape index (κ2) is 6.58. The molecule has 0 aromatic heterocycles. The fourth-order valence-electron chi connectivity index (χ4n) is 2.07. The lowest BCUT2D eigenvalue weighted by atomic mass is 10.1. The average molecular weight is 310 g/mol. The Morgan fingerprint density at radius 3 is 2.71 bits per heavy atom. The molecule has 0 bridgehead atoms. The van der Waals surface area contributed by atoms with Crippen LogP contribution in [0.4, 0.5) is 0 Å². The highest BCUT2D eigenvalue weighted by molar-refractivity contribution is 6.30. The maximum Gasteiger partial charge on any atom is 0.243 e. The molecule has 1 fully saturated rings. The third-order valence-corrected chi connectivity index (χ3v) is 3.46. The van der Waals surface area contributed by atoms with Gasteiger partial charge in [-0.25, -0.2) is 0 Å². The molecule has 1 aliphatic heterocycles. The average Bonchev–Trinajstić information content (AvgIpc) is 2.43. The highest BCUT2D eigenvalue weighted by atomic mass is 35.5. The van der Waals surface area contributed by atoms with E-state index in [0.717, 1.165) is 5.56 Å². The van der Waals surface area contributed by atoms with Crippen LogP contribution in [0.5, 0.6) is 0 Å². The number of carbonyl (C=O) groups is 3. The summed E-state index contributed by atoms with van der Waals surface area (Å²) in [6.45, 7) is 1.79. The quantitative estimate of drug-likeness (QED) is 0.758. The minimum atomic E-state index is -0.816. The van der Waals surface area contributed by atoms with Gasteiger partial charge < -0.3 is 16.0 Å². The first kappa shape index (κ1) is 15.3. The van der Waals surface area contributed by atoms with Gasteiger partial charge in [0.25, 0.3) is 0 Å². The zero-order valence-electron chi connectivity index (χ0n) is 11.5. The van der Waals surface area contributed by atoms with Gasteiger partial charge in [0.2, 0.25) is 17.7 Å². The van der Waals surface area contributed by atoms with Gasteiger partial charge in [-0.2, -0.15) is 0 Å². The van der Waals surface area contributed by atoms with Crippen molar-refractivity contribution in [3.05, 3.63) is 34.9 Å². The van der Waals surface area contributed by atoms with E-state index in [9.17, 15) is 14.4 Å². The highest BCUT2D eigenvalue weighted by Crippen LogP contribution is 2.16. The van der Waals surface area contributed by atoms with Crippen molar-refractivity contribution in [1.29, 1.82) is 0 Å². The van der Waals surface area contributed by atoms with Crippen molar-refractivity contribution in [2.75, 3.05) is 6.54 Å². The number of nitrogens with one attached hydrogen (secondary N) is 3. The number of hydrogen-bond acceptors (Lipinski definition) is 3. The van der Waals surface area contributed by atoms with E-state index in [1.807, 2.05) is 19.1 Å². The summed E-state index contributed by atoms with van der Waals surface area (Å²) >= 11 is 5.81. The molecule has 1 aliphatic rings. The van der Waals surface area contributed by atoms with Gasteiger partial charge in [-0.05, 0) is 24.6 Å². The molecule has 1 heterocycles. The van der Waals surface area contributed by atoms with Gasteiger partial charge in [0.1, 0.15) is 6.04 Å². The van der Waals surface area contributed by atoms with Crippen molar-refractivity contribution in [3.63, 3.8) is 0 Å². The summed E-state index contributed by atoms with van der Waals surface area (Å²) in [5, 5.41) is 8.33. The van der Waals surface area contributed by atoms with Crippen LogP contribution in [0.25, 0.3) is 0 Å². The maximum absolute atomic E-state index is 11.9. The zero-order valence-corrected chi connectivity index (χ0v) is 12.2. The molecule has 2 unspecified atom stereocenters. The topological polar surface area (TPSA) is 87.3 Å². The van der Waals surface area contributed by atoms with Crippen molar-refractivity contribution in [2.24, 2.45) is 0 Å². The normalized spacial score (nSPS) is 19.4. The number of carbonyl (C=O) groups excluding carboxylic acids is 3. The molecule has 3 amide bonds. The standard InChI is InChI=1S/C14H16ClN3O3/c1-8(9-2-4-10(15)5-3-9)17-12(19)6-11-14(21)16-7-13(20)18-11/h2-5,8,11H,6-7H2,1H3,(H,16,21)(H,17,19)(H,18,20). The summed E-state index contributed by atoms with van der Waals surface area (Å²) < 4.78 is 0. The van der Waals surface area contributed by atoms with Gasteiger partial charge >= 0.3 is 0 Å². The molecule has 7 heteroatoms. The number of halogens is 1. The molecule has 2 atom stereocenters. The van der Waals surface area contributed by atoms with Gasteiger partial charge in [0.05, 0.1) is 19.0 Å². The molecule has 0 radical (unpaired) electrons. The first-order chi connectivity index (χ1) is 9.95. The predicted octanol–water partition coefficient (Wildman–Crippen LogP) is 0.522. The predicted molar refractivity (Wildman–Crippen MR) is 77.6 cm³/mol. The molecule has 3 N–H and O–H groups in total. The first-order valence-corrected chi connectivity index (χ1v) is 6.95. The summed E-state index contributed by atoms with van der Waals surface area (Å²) in [4.78, 5) is 34.7. The Kier molecular flexibility index (Phi) is 4.80. The molecule has 21 heavy (non-hydrogen) atoms. The van der Waals surface area contributed by atoms with Crippen LogP contribution < -0.4 is 16.0 Å². The van der Waals surface area contributed by atoms with Crippen molar-refractivity contribution in [1.82, 2.24) is 16.0 Å². The number of amides is 3. The molecular formula is C14H16ClN3O3. The Balaban J connectivity index is 1.90. The Bertz CT molecular complexity index is 559. The SMILES string of the molecule is CC(NC(=O)CC1NC(=O)CNC1=O)c1ccc(Cl)cc1. The van der Waals surface area contributed by atoms with Crippen molar-refractivity contribution >= 4 is 29.3 Å². The van der Waals surface area contributed by atoms with Crippen molar-refractivity contribution in [2.45, 2.75) is 25.4 Å². The molecule has 112 valence electrons. The van der Waals surface area contributed by atoms with Crippen LogP contribution >= 0.6 is 11.6 Å². The number of piperazine rings is 1. The van der Waals surface area contributed by atoms with Crippen LogP contribution in [0.1, 0.15) is 24.9 Å². The Hall–Kier alpha value is -2.08. The van der Waals surface area contributed by atoms with Crippen LogP contribution in [-0.4, -0.2) is 30.3 Å². The number of rotatable bonds is 4. The molecule has 1 aromatic carbocycles. The molecule has 0 aliphatic carbocycles. The Labute approximate surface area is 127 Å². The van der Waals surface area contributed by atoms with E-state index < -0.39 is 6.04 Å². The van der Waals surface area contributed by atoms with Gasteiger partial charge in [-0.1, -0.05) is 23.7 Å². The fourth-order valence-corrected chi connectivity index (χ4v) is 2.19. The van der Waals surface area contributed by atoms with E-state index in [-0.39, 0.29) is 36.7 Å². The zero-order chi connectivity index (χ0) is 15.4. The lowest BCUT2D eigenvalue weighted by molar-refractivity contribution is -0.135. The molecule has 1 aromatic rings. The third kappa shape index (κ3) is 4.19. The van der Waals surface area contributed by atoms with E-state index in [2.05, 4.69) is 16.0 Å². The van der Waals surface area contributed by atoms with E-state index in [1.54, 1.807) is 12.1 Å². The monoisotopic (exact) mass is 309 g/mol. The van der Waals surface area contributed by atoms with Crippen LogP contribution in [0, 0.1) is 0 Å². The first-order valence-electron chi connectivity index (χ1n) is 6.57. The van der Waals surface area contributed by atoms with Gasteiger partial charge in [-0.15, -0.1) is 0 Å². The molecule has 0 saturated carbocycles. The van der Waals surface area contributed by atoms with Crippen LogP contribution in [0.15, 0.2) is 24.3 Å². The van der Waals surface area contributed by atoms with E-state index in [4.69, 9.17) is 11.6 Å². The second-order valence-corrected chi connectivity index (χ2v) is 5.32. The second-order valence-electron chi connectivity index (χ2n) is 4.88. The fraction of sp³-hybridized carbons (Fsp3) is 0.357. The maximum atomic E-state index is 11.9. The summed E-state index contributed by atoms with van der Waals surface area (Å²) in [7, 11) is 0. The number of benzene rings is 1.